The van der Waals surface area contributed by atoms with E-state index < -0.39 is 46.5 Å². The fraction of sp³-hybridized carbons (Fsp3) is 0.346. The van der Waals surface area contributed by atoms with Crippen molar-refractivity contribution in [3.05, 3.63) is 71.8 Å². The monoisotopic (exact) mass is 432 g/mol. The molecule has 4 bridgehead atoms. The third-order valence-electron chi connectivity index (χ3n) is 7.95. The molecule has 6 rings (SSSR count). The topological polar surface area (TPSA) is 89.9 Å². The molecule has 2 aromatic rings. The Labute approximate surface area is 185 Å². The molecule has 2 aromatic carbocycles. The molecule has 0 radical (unpaired) electrons. The molecule has 1 N–H and O–H groups in total. The minimum Gasteiger partial charge on any atom is -0.481 e. The summed E-state index contributed by atoms with van der Waals surface area (Å²) < 4.78 is 10.6. The van der Waals surface area contributed by atoms with Crippen molar-refractivity contribution in [1.82, 2.24) is 0 Å². The second kappa shape index (κ2) is 6.79. The van der Waals surface area contributed by atoms with Crippen molar-refractivity contribution in [2.45, 2.75) is 6.92 Å². The van der Waals surface area contributed by atoms with Crippen molar-refractivity contribution in [3.8, 4) is 0 Å². The average Bonchev–Trinajstić information content (AvgIpc) is 3.44. The maximum absolute atomic E-state index is 13.6. The largest absolute Gasteiger partial charge is 0.481 e. The molecule has 0 unspecified atom stereocenters. The lowest BCUT2D eigenvalue weighted by atomic mass is 9.52. The number of carboxylic acid groups (broad SMARTS) is 1. The van der Waals surface area contributed by atoms with Gasteiger partial charge in [0.15, 0.2) is 0 Å². The molecule has 0 amide bonds. The molecule has 4 aliphatic carbocycles. The van der Waals surface area contributed by atoms with Crippen molar-refractivity contribution < 1.29 is 29.0 Å². The van der Waals surface area contributed by atoms with Crippen LogP contribution in [0.4, 0.5) is 0 Å². The van der Waals surface area contributed by atoms with Crippen LogP contribution in [0.25, 0.3) is 11.1 Å². The number of carbonyl (C=O) groups excluding carboxylic acids is 2. The van der Waals surface area contributed by atoms with Gasteiger partial charge in [0.05, 0.1) is 20.1 Å². The summed E-state index contributed by atoms with van der Waals surface area (Å²) in [6.07, 6.45) is 0. The highest BCUT2D eigenvalue weighted by Crippen LogP contribution is 2.87. The Morgan fingerprint density at radius 1 is 0.750 bits per heavy atom. The Bertz CT molecular complexity index is 1150. The van der Waals surface area contributed by atoms with Gasteiger partial charge in [0.25, 0.3) is 0 Å². The number of carboxylic acids is 1. The molecule has 2 fully saturated rings. The van der Waals surface area contributed by atoms with Gasteiger partial charge in [-0.3, -0.25) is 14.4 Å². The predicted octanol–water partition coefficient (Wildman–Crippen LogP) is 3.53. The summed E-state index contributed by atoms with van der Waals surface area (Å²) >= 11 is 0. The van der Waals surface area contributed by atoms with Crippen LogP contribution >= 0.6 is 0 Å². The highest BCUT2D eigenvalue weighted by Gasteiger charge is 2.91. The summed E-state index contributed by atoms with van der Waals surface area (Å²) in [7, 11) is 2.62. The van der Waals surface area contributed by atoms with Gasteiger partial charge in [0.2, 0.25) is 0 Å². The molecule has 0 heterocycles. The molecule has 2 saturated carbocycles. The Morgan fingerprint density at radius 2 is 1.19 bits per heavy atom. The molecule has 32 heavy (non-hydrogen) atoms. The number of rotatable bonds is 5. The Kier molecular flexibility index (Phi) is 4.35. The smallest absolute Gasteiger partial charge is 0.317 e. The van der Waals surface area contributed by atoms with Crippen molar-refractivity contribution in [3.63, 3.8) is 0 Å². The van der Waals surface area contributed by atoms with Crippen molar-refractivity contribution in [2.75, 3.05) is 14.2 Å². The summed E-state index contributed by atoms with van der Waals surface area (Å²) in [6.45, 7) is 1.87. The molecule has 6 heteroatoms. The predicted molar refractivity (Wildman–Crippen MR) is 116 cm³/mol. The number of esters is 2. The number of methoxy groups -OCH3 is 2. The summed E-state index contributed by atoms with van der Waals surface area (Å²) in [6, 6.07) is 18.7. The van der Waals surface area contributed by atoms with E-state index in [1.54, 1.807) is 0 Å². The molecule has 0 aliphatic heterocycles. The lowest BCUT2D eigenvalue weighted by Crippen LogP contribution is -2.54. The Balaban J connectivity index is 1.98. The van der Waals surface area contributed by atoms with Crippen molar-refractivity contribution in [2.24, 2.45) is 34.5 Å². The van der Waals surface area contributed by atoms with E-state index >= 15 is 0 Å². The zero-order chi connectivity index (χ0) is 22.8. The van der Waals surface area contributed by atoms with Crippen LogP contribution in [0.2, 0.25) is 0 Å². The molecule has 0 aromatic heterocycles. The minimum atomic E-state index is -1.40. The van der Waals surface area contributed by atoms with Crippen LogP contribution < -0.4 is 0 Å². The number of hydrogen-bond acceptors (Lipinski definition) is 5. The fourth-order valence-corrected chi connectivity index (χ4v) is 7.05. The highest BCUT2D eigenvalue weighted by molar-refractivity contribution is 6.17. The van der Waals surface area contributed by atoms with Gasteiger partial charge < -0.3 is 14.6 Å². The minimum absolute atomic E-state index is 0.321. The number of benzene rings is 2. The van der Waals surface area contributed by atoms with Crippen LogP contribution in [0.5, 0.6) is 0 Å². The molecule has 6 atom stereocenters. The second-order valence-electron chi connectivity index (χ2n) is 8.86. The van der Waals surface area contributed by atoms with Crippen molar-refractivity contribution in [1.29, 1.82) is 0 Å². The van der Waals surface area contributed by atoms with Crippen LogP contribution in [0.3, 0.4) is 0 Å². The molecule has 0 spiro atoms. The van der Waals surface area contributed by atoms with E-state index in [1.165, 1.54) is 14.2 Å². The quantitative estimate of drug-likeness (QED) is 0.727. The van der Waals surface area contributed by atoms with Gasteiger partial charge in [-0.25, -0.2) is 0 Å². The van der Waals surface area contributed by atoms with Crippen LogP contribution in [0, 0.1) is 34.5 Å². The SMILES string of the molecule is COC(=O)[C@]12C(c3ccccc3)=C(c3ccccc3)[C@]3(C(=O)OC)[C@H](C(=O)O)[C@@H]1[C@H]2[C@@H]3C. The third kappa shape index (κ3) is 2.12. The summed E-state index contributed by atoms with van der Waals surface area (Å²) in [5, 5.41) is 10.4. The maximum atomic E-state index is 13.6. The van der Waals surface area contributed by atoms with Gasteiger partial charge in [0, 0.05) is 0 Å². The number of aliphatic carboxylic acids is 1. The molecular formula is C26H24O6. The van der Waals surface area contributed by atoms with Gasteiger partial charge in [-0.15, -0.1) is 0 Å². The molecular weight excluding hydrogens is 408 g/mol. The van der Waals surface area contributed by atoms with Gasteiger partial charge in [0.1, 0.15) is 10.8 Å². The zero-order valence-electron chi connectivity index (χ0n) is 18.1. The maximum Gasteiger partial charge on any atom is 0.317 e. The van der Waals surface area contributed by atoms with Crippen LogP contribution in [-0.4, -0.2) is 37.2 Å². The number of hydrogen-bond donors (Lipinski definition) is 1. The number of carbonyl (C=O) groups is 3. The van der Waals surface area contributed by atoms with E-state index in [1.807, 2.05) is 67.6 Å². The van der Waals surface area contributed by atoms with Gasteiger partial charge >= 0.3 is 17.9 Å². The van der Waals surface area contributed by atoms with Gasteiger partial charge in [-0.2, -0.15) is 0 Å². The van der Waals surface area contributed by atoms with E-state index in [-0.39, 0.29) is 5.92 Å². The zero-order valence-corrected chi connectivity index (χ0v) is 18.1. The molecule has 0 saturated heterocycles. The molecule has 164 valence electrons. The Morgan fingerprint density at radius 3 is 1.62 bits per heavy atom. The Hall–Kier alpha value is -3.41. The standard InChI is InChI=1S/C26H24O6/c1-14-17-20-21(22(27)28)25(14,23(29)31-2)18(15-10-6-4-7-11-15)19(16-12-8-5-9-13-16)26(17,20)24(30)32-3/h4-14,17,20-21H,1-3H3,(H,27,28)/t14-,17+,20-,21-,25-,26+/m0/s1. The highest BCUT2D eigenvalue weighted by atomic mass is 16.5. The van der Waals surface area contributed by atoms with E-state index in [2.05, 4.69) is 0 Å². The van der Waals surface area contributed by atoms with Gasteiger partial charge in [-0.1, -0.05) is 67.6 Å². The van der Waals surface area contributed by atoms with E-state index in [4.69, 9.17) is 9.47 Å². The summed E-state index contributed by atoms with van der Waals surface area (Å²) in [5.41, 5.74) is 0.228. The lowest BCUT2D eigenvalue weighted by molar-refractivity contribution is -0.166. The molecule has 6 nitrogen and oxygen atoms in total. The fourth-order valence-electron chi connectivity index (χ4n) is 7.05. The van der Waals surface area contributed by atoms with E-state index in [0.717, 1.165) is 5.56 Å². The van der Waals surface area contributed by atoms with Crippen LogP contribution in [-0.2, 0) is 23.9 Å². The normalized spacial score (nSPS) is 34.1. The first-order chi connectivity index (χ1) is 15.4. The van der Waals surface area contributed by atoms with E-state index in [9.17, 15) is 19.5 Å². The number of ether oxygens (including phenoxy) is 2. The summed E-state index contributed by atoms with van der Waals surface area (Å²) in [4.78, 5) is 39.7. The van der Waals surface area contributed by atoms with E-state index in [0.29, 0.717) is 16.7 Å². The molecule has 4 aliphatic rings. The first-order valence-electron chi connectivity index (χ1n) is 10.7. The van der Waals surface area contributed by atoms with Crippen LogP contribution in [0.15, 0.2) is 60.7 Å². The second-order valence-corrected chi connectivity index (χ2v) is 8.86. The third-order valence-corrected chi connectivity index (χ3v) is 7.95. The first-order valence-corrected chi connectivity index (χ1v) is 10.7. The van der Waals surface area contributed by atoms with Crippen molar-refractivity contribution >= 4 is 29.1 Å². The van der Waals surface area contributed by atoms with Gasteiger partial charge in [-0.05, 0) is 40.0 Å². The lowest BCUT2D eigenvalue weighted by Gasteiger charge is -2.49. The summed E-state index contributed by atoms with van der Waals surface area (Å²) in [5.74, 6) is -4.48. The average molecular weight is 432 g/mol. The first kappa shape index (κ1) is 20.5. The van der Waals surface area contributed by atoms with Crippen LogP contribution in [0.1, 0.15) is 18.1 Å².